The monoisotopic (exact) mass is 249 g/mol. The Balaban J connectivity index is 2.06. The highest BCUT2D eigenvalue weighted by atomic mass is 32.1. The molecule has 2 rings (SSSR count). The summed E-state index contributed by atoms with van der Waals surface area (Å²) in [5.74, 6) is 0.688. The van der Waals surface area contributed by atoms with E-state index in [-0.39, 0.29) is 0 Å². The van der Waals surface area contributed by atoms with E-state index in [1.807, 2.05) is 18.9 Å². The van der Waals surface area contributed by atoms with Gasteiger partial charge in [-0.3, -0.25) is 0 Å². The highest BCUT2D eigenvalue weighted by Crippen LogP contribution is 2.12. The molecule has 2 aromatic rings. The molecular weight excluding hydrogens is 234 g/mol. The lowest BCUT2D eigenvalue weighted by Crippen LogP contribution is -2.19. The van der Waals surface area contributed by atoms with Crippen LogP contribution in [0.5, 0.6) is 0 Å². The number of thiazole rings is 1. The van der Waals surface area contributed by atoms with Crippen molar-refractivity contribution in [1.29, 1.82) is 0 Å². The normalized spacial score (nSPS) is 10.5. The lowest BCUT2D eigenvalue weighted by Gasteiger charge is -2.15. The minimum absolute atomic E-state index is 0.468. The molecule has 2 aromatic heterocycles. The molecule has 0 aliphatic carbocycles. The summed E-state index contributed by atoms with van der Waals surface area (Å²) in [5.41, 5.74) is 7.48. The molecule has 2 N–H and O–H groups in total. The predicted molar refractivity (Wildman–Crippen MR) is 68.9 cm³/mol. The zero-order chi connectivity index (χ0) is 12.3. The van der Waals surface area contributed by atoms with E-state index in [1.165, 1.54) is 0 Å². The van der Waals surface area contributed by atoms with Crippen LogP contribution in [0.15, 0.2) is 17.8 Å². The van der Waals surface area contributed by atoms with E-state index in [4.69, 9.17) is 5.73 Å². The molecule has 6 heteroatoms. The summed E-state index contributed by atoms with van der Waals surface area (Å²) >= 11 is 1.65. The Morgan fingerprint density at radius 3 is 2.59 bits per heavy atom. The molecule has 5 nitrogen and oxygen atoms in total. The minimum atomic E-state index is 0.468. The Hall–Kier alpha value is -1.53. The van der Waals surface area contributed by atoms with Gasteiger partial charge < -0.3 is 10.6 Å². The van der Waals surface area contributed by atoms with Gasteiger partial charge >= 0.3 is 0 Å². The molecule has 0 radical (unpaired) electrons. The largest absolute Gasteiger partial charge is 0.338 e. The summed E-state index contributed by atoms with van der Waals surface area (Å²) in [6.45, 7) is 3.18. The second-order valence-electron chi connectivity index (χ2n) is 3.81. The molecule has 0 atom stereocenters. The van der Waals surface area contributed by atoms with Gasteiger partial charge in [0.05, 0.1) is 17.2 Å². The van der Waals surface area contributed by atoms with Crippen LogP contribution in [-0.2, 0) is 13.1 Å². The Labute approximate surface area is 104 Å². The van der Waals surface area contributed by atoms with Crippen molar-refractivity contribution in [1.82, 2.24) is 15.0 Å². The third-order valence-electron chi connectivity index (χ3n) is 2.33. The summed E-state index contributed by atoms with van der Waals surface area (Å²) in [5, 5.41) is 3.13. The molecule has 0 fully saturated rings. The number of rotatable bonds is 4. The van der Waals surface area contributed by atoms with Gasteiger partial charge in [-0.05, 0) is 6.92 Å². The standard InChI is InChI=1S/C11H15N5S/c1-8-15-10(7-17-8)6-16(2)11-13-4-9(3-12)5-14-11/h4-5,7H,3,6,12H2,1-2H3. The molecule has 0 amide bonds. The maximum atomic E-state index is 5.50. The number of aryl methyl sites for hydroxylation is 1. The van der Waals surface area contributed by atoms with Gasteiger partial charge in [-0.15, -0.1) is 11.3 Å². The van der Waals surface area contributed by atoms with Crippen LogP contribution >= 0.6 is 11.3 Å². The summed E-state index contributed by atoms with van der Waals surface area (Å²) in [4.78, 5) is 14.9. The number of nitrogens with zero attached hydrogens (tertiary/aromatic N) is 4. The fourth-order valence-corrected chi connectivity index (χ4v) is 2.05. The fraction of sp³-hybridized carbons (Fsp3) is 0.364. The highest BCUT2D eigenvalue weighted by Gasteiger charge is 2.07. The lowest BCUT2D eigenvalue weighted by atomic mass is 10.3. The molecule has 0 bridgehead atoms. The van der Waals surface area contributed by atoms with Crippen molar-refractivity contribution in [3.63, 3.8) is 0 Å². The van der Waals surface area contributed by atoms with Crippen molar-refractivity contribution < 1.29 is 0 Å². The first-order chi connectivity index (χ1) is 8.19. The van der Waals surface area contributed by atoms with Gasteiger partial charge in [0.25, 0.3) is 0 Å². The number of nitrogens with two attached hydrogens (primary N) is 1. The molecule has 0 aromatic carbocycles. The van der Waals surface area contributed by atoms with Crippen LogP contribution in [0.25, 0.3) is 0 Å². The molecular formula is C11H15N5S. The average Bonchev–Trinajstić information content (AvgIpc) is 2.75. The van der Waals surface area contributed by atoms with E-state index < -0.39 is 0 Å². The maximum Gasteiger partial charge on any atom is 0.225 e. The van der Waals surface area contributed by atoms with Gasteiger partial charge in [0, 0.05) is 36.9 Å². The Morgan fingerprint density at radius 2 is 2.06 bits per heavy atom. The maximum absolute atomic E-state index is 5.50. The molecule has 90 valence electrons. The van der Waals surface area contributed by atoms with E-state index in [0.717, 1.165) is 16.3 Å². The topological polar surface area (TPSA) is 67.9 Å². The fourth-order valence-electron chi connectivity index (χ4n) is 1.45. The number of aromatic nitrogens is 3. The number of hydrogen-bond donors (Lipinski definition) is 1. The van der Waals surface area contributed by atoms with Crippen molar-refractivity contribution in [2.24, 2.45) is 5.73 Å². The molecule has 0 unspecified atom stereocenters. The van der Waals surface area contributed by atoms with Crippen LogP contribution < -0.4 is 10.6 Å². The highest BCUT2D eigenvalue weighted by molar-refractivity contribution is 7.09. The van der Waals surface area contributed by atoms with Crippen LogP contribution in [0.2, 0.25) is 0 Å². The SMILES string of the molecule is Cc1nc(CN(C)c2ncc(CN)cn2)cs1. The second kappa shape index (κ2) is 5.20. The van der Waals surface area contributed by atoms with Crippen molar-refractivity contribution in [2.75, 3.05) is 11.9 Å². The van der Waals surface area contributed by atoms with Crippen LogP contribution in [0.1, 0.15) is 16.3 Å². The molecule has 2 heterocycles. The van der Waals surface area contributed by atoms with E-state index in [1.54, 1.807) is 23.7 Å². The van der Waals surface area contributed by atoms with Gasteiger partial charge in [-0.25, -0.2) is 15.0 Å². The van der Waals surface area contributed by atoms with E-state index in [0.29, 0.717) is 19.0 Å². The Kier molecular flexibility index (Phi) is 3.65. The zero-order valence-electron chi connectivity index (χ0n) is 9.92. The lowest BCUT2D eigenvalue weighted by molar-refractivity contribution is 0.838. The summed E-state index contributed by atoms with van der Waals surface area (Å²) in [6, 6.07) is 0. The molecule has 0 aliphatic heterocycles. The Bertz CT molecular complexity index is 479. The van der Waals surface area contributed by atoms with Crippen molar-refractivity contribution in [2.45, 2.75) is 20.0 Å². The smallest absolute Gasteiger partial charge is 0.225 e. The van der Waals surface area contributed by atoms with E-state index >= 15 is 0 Å². The van der Waals surface area contributed by atoms with Gasteiger partial charge in [0.15, 0.2) is 0 Å². The van der Waals surface area contributed by atoms with Gasteiger partial charge in [-0.2, -0.15) is 0 Å². The first-order valence-electron chi connectivity index (χ1n) is 5.32. The van der Waals surface area contributed by atoms with Crippen molar-refractivity contribution in [3.05, 3.63) is 34.0 Å². The predicted octanol–water partition coefficient (Wildman–Crippen LogP) is 1.34. The molecule has 0 saturated heterocycles. The zero-order valence-corrected chi connectivity index (χ0v) is 10.7. The van der Waals surface area contributed by atoms with Crippen molar-refractivity contribution in [3.8, 4) is 0 Å². The minimum Gasteiger partial charge on any atom is -0.338 e. The first kappa shape index (κ1) is 11.9. The van der Waals surface area contributed by atoms with Crippen LogP contribution in [-0.4, -0.2) is 22.0 Å². The van der Waals surface area contributed by atoms with Crippen molar-refractivity contribution >= 4 is 17.3 Å². The van der Waals surface area contributed by atoms with Gasteiger partial charge in [-0.1, -0.05) is 0 Å². The van der Waals surface area contributed by atoms with Crippen LogP contribution in [0.3, 0.4) is 0 Å². The van der Waals surface area contributed by atoms with Gasteiger partial charge in [0.2, 0.25) is 5.95 Å². The van der Waals surface area contributed by atoms with Crippen LogP contribution in [0, 0.1) is 6.92 Å². The quantitative estimate of drug-likeness (QED) is 0.885. The number of hydrogen-bond acceptors (Lipinski definition) is 6. The Morgan fingerprint density at radius 1 is 1.35 bits per heavy atom. The third kappa shape index (κ3) is 2.98. The van der Waals surface area contributed by atoms with E-state index in [9.17, 15) is 0 Å². The average molecular weight is 249 g/mol. The summed E-state index contributed by atoms with van der Waals surface area (Å²) in [6.07, 6.45) is 3.51. The second-order valence-corrected chi connectivity index (χ2v) is 4.87. The van der Waals surface area contributed by atoms with Gasteiger partial charge in [0.1, 0.15) is 0 Å². The third-order valence-corrected chi connectivity index (χ3v) is 3.16. The number of anilines is 1. The molecule has 17 heavy (non-hydrogen) atoms. The summed E-state index contributed by atoms with van der Waals surface area (Å²) < 4.78 is 0. The van der Waals surface area contributed by atoms with E-state index in [2.05, 4.69) is 20.3 Å². The first-order valence-corrected chi connectivity index (χ1v) is 6.20. The molecule has 0 aliphatic rings. The molecule has 0 spiro atoms. The van der Waals surface area contributed by atoms with Crippen LogP contribution in [0.4, 0.5) is 5.95 Å². The molecule has 0 saturated carbocycles. The summed E-state index contributed by atoms with van der Waals surface area (Å²) in [7, 11) is 1.95.